The number of benzene rings is 2. The van der Waals surface area contributed by atoms with Crippen LogP contribution in [0.5, 0.6) is 17.2 Å². The fourth-order valence-electron chi connectivity index (χ4n) is 4.17. The van der Waals surface area contributed by atoms with Crippen LogP contribution in [0.15, 0.2) is 60.9 Å². The summed E-state index contributed by atoms with van der Waals surface area (Å²) in [6.45, 7) is -0.731. The lowest BCUT2D eigenvalue weighted by atomic mass is 9.97. The fraction of sp³-hybridized carbons (Fsp3) is 0.250. The van der Waals surface area contributed by atoms with Crippen molar-refractivity contribution in [3.05, 3.63) is 63.3 Å². The molecule has 12 heteroatoms. The Morgan fingerprint density at radius 2 is 1.36 bits per heavy atom. The highest BCUT2D eigenvalue weighted by molar-refractivity contribution is 6.06. The Hall–Kier alpha value is -3.94. The number of hydrogen-bond acceptors (Lipinski definition) is 12. The molecule has 188 valence electrons. The normalized spacial score (nSPS) is 24.3. The van der Waals surface area contributed by atoms with E-state index in [0.717, 1.165) is 12.1 Å². The van der Waals surface area contributed by atoms with E-state index in [1.807, 2.05) is 0 Å². The van der Waals surface area contributed by atoms with Crippen molar-refractivity contribution in [1.29, 1.82) is 0 Å². The molecule has 36 heavy (non-hydrogen) atoms. The van der Waals surface area contributed by atoms with E-state index in [1.54, 1.807) is 0 Å². The SMILES string of the molecule is O=c1ccc2ccc(O)c(-c3c(O[C@H]4O[C@@H](CO)[C@@H](O)[C@@H](O)[C@H]4O)c(O)cc4ccc(=O)oc34)c2o1. The van der Waals surface area contributed by atoms with Crippen molar-refractivity contribution in [2.45, 2.75) is 30.7 Å². The van der Waals surface area contributed by atoms with Crippen molar-refractivity contribution in [2.75, 3.05) is 6.61 Å². The molecule has 3 heterocycles. The first-order valence-corrected chi connectivity index (χ1v) is 10.7. The Kier molecular flexibility index (Phi) is 5.90. The summed E-state index contributed by atoms with van der Waals surface area (Å²) in [5, 5.41) is 62.4. The summed E-state index contributed by atoms with van der Waals surface area (Å²) >= 11 is 0. The van der Waals surface area contributed by atoms with Crippen molar-refractivity contribution in [1.82, 2.24) is 0 Å². The van der Waals surface area contributed by atoms with Gasteiger partial charge in [0, 0.05) is 22.9 Å². The highest BCUT2D eigenvalue weighted by atomic mass is 16.7. The Morgan fingerprint density at radius 1 is 0.750 bits per heavy atom. The molecule has 0 bridgehead atoms. The maximum atomic E-state index is 12.1. The van der Waals surface area contributed by atoms with Crippen molar-refractivity contribution in [3.63, 3.8) is 0 Å². The van der Waals surface area contributed by atoms with Gasteiger partial charge < -0.3 is 48.9 Å². The van der Waals surface area contributed by atoms with Crippen LogP contribution in [0.4, 0.5) is 0 Å². The molecule has 0 amide bonds. The summed E-state index contributed by atoms with van der Waals surface area (Å²) in [5.74, 6) is -1.47. The van der Waals surface area contributed by atoms with Gasteiger partial charge in [0.15, 0.2) is 17.1 Å². The zero-order valence-electron chi connectivity index (χ0n) is 18.3. The Bertz CT molecular complexity index is 1570. The van der Waals surface area contributed by atoms with Crippen LogP contribution in [0.1, 0.15) is 0 Å². The second-order valence-corrected chi connectivity index (χ2v) is 8.22. The Balaban J connectivity index is 1.80. The third kappa shape index (κ3) is 3.86. The van der Waals surface area contributed by atoms with Crippen LogP contribution in [0.3, 0.4) is 0 Å². The molecule has 5 rings (SSSR count). The molecule has 6 N–H and O–H groups in total. The quantitative estimate of drug-likeness (QED) is 0.208. The minimum atomic E-state index is -1.84. The lowest BCUT2D eigenvalue weighted by molar-refractivity contribution is -0.277. The maximum Gasteiger partial charge on any atom is 0.336 e. The van der Waals surface area contributed by atoms with Crippen molar-refractivity contribution >= 4 is 21.9 Å². The topological polar surface area (TPSA) is 200 Å². The van der Waals surface area contributed by atoms with Crippen LogP contribution in [-0.2, 0) is 4.74 Å². The molecule has 12 nitrogen and oxygen atoms in total. The first-order chi connectivity index (χ1) is 17.2. The van der Waals surface area contributed by atoms with Gasteiger partial charge in [-0.15, -0.1) is 0 Å². The van der Waals surface area contributed by atoms with Crippen LogP contribution in [0, 0.1) is 0 Å². The highest BCUT2D eigenvalue weighted by Crippen LogP contribution is 2.49. The van der Waals surface area contributed by atoms with Crippen LogP contribution >= 0.6 is 0 Å². The minimum absolute atomic E-state index is 0.125. The van der Waals surface area contributed by atoms with Gasteiger partial charge in [-0.2, -0.15) is 0 Å². The van der Waals surface area contributed by atoms with Crippen molar-refractivity contribution in [2.24, 2.45) is 0 Å². The number of aromatic hydroxyl groups is 2. The molecule has 0 saturated carbocycles. The molecule has 0 spiro atoms. The zero-order chi connectivity index (χ0) is 25.7. The average molecular weight is 500 g/mol. The van der Waals surface area contributed by atoms with Crippen LogP contribution in [-0.4, -0.2) is 68.0 Å². The molecule has 1 fully saturated rings. The number of ether oxygens (including phenoxy) is 2. The van der Waals surface area contributed by atoms with E-state index in [9.17, 15) is 40.2 Å². The van der Waals surface area contributed by atoms with Gasteiger partial charge in [-0.1, -0.05) is 0 Å². The molecule has 5 atom stereocenters. The zero-order valence-corrected chi connectivity index (χ0v) is 18.3. The Labute approximate surface area is 200 Å². The monoisotopic (exact) mass is 500 g/mol. The number of phenols is 2. The molecule has 1 aliphatic heterocycles. The highest BCUT2D eigenvalue weighted by Gasteiger charge is 2.45. The number of aliphatic hydroxyl groups is 4. The van der Waals surface area contributed by atoms with Crippen molar-refractivity contribution < 1.29 is 48.9 Å². The number of rotatable bonds is 4. The smallest absolute Gasteiger partial charge is 0.336 e. The standard InChI is InChI=1S/C24H20O12/c25-8-13-18(30)19(31)20(32)24(33-13)36-23-12(27)7-10-3-6-15(29)35-22(10)17(23)16-11(26)4-1-9-2-5-14(28)34-21(9)16/h1-7,13,18-20,24-27,30-32H,8H2/t13-,18+,19+,20+,24+/m0/s1. The molecule has 2 aromatic carbocycles. The molecule has 1 aliphatic rings. The lowest BCUT2D eigenvalue weighted by Gasteiger charge is -2.39. The van der Waals surface area contributed by atoms with Gasteiger partial charge in [0.05, 0.1) is 17.7 Å². The van der Waals surface area contributed by atoms with Crippen LogP contribution in [0.2, 0.25) is 0 Å². The predicted octanol–water partition coefficient (Wildman–Crippen LogP) is 0.156. The van der Waals surface area contributed by atoms with Gasteiger partial charge in [-0.3, -0.25) is 0 Å². The molecule has 4 aromatic rings. The van der Waals surface area contributed by atoms with E-state index < -0.39 is 65.8 Å². The van der Waals surface area contributed by atoms with Gasteiger partial charge in [0.1, 0.15) is 35.7 Å². The third-order valence-corrected chi connectivity index (χ3v) is 5.94. The van der Waals surface area contributed by atoms with E-state index in [0.29, 0.717) is 5.39 Å². The maximum absolute atomic E-state index is 12.1. The van der Waals surface area contributed by atoms with E-state index >= 15 is 0 Å². The predicted molar refractivity (Wildman–Crippen MR) is 122 cm³/mol. The average Bonchev–Trinajstić information content (AvgIpc) is 2.85. The van der Waals surface area contributed by atoms with E-state index in [-0.39, 0.29) is 27.7 Å². The summed E-state index contributed by atoms with van der Waals surface area (Å²) in [4.78, 5) is 24.1. The largest absolute Gasteiger partial charge is 0.507 e. The number of fused-ring (bicyclic) bond motifs is 2. The minimum Gasteiger partial charge on any atom is -0.507 e. The molecule has 2 aromatic heterocycles. The van der Waals surface area contributed by atoms with Gasteiger partial charge in [-0.05, 0) is 30.3 Å². The summed E-state index contributed by atoms with van der Waals surface area (Å²) in [6.07, 6.45) is -8.34. The molecule has 1 saturated heterocycles. The first kappa shape index (κ1) is 23.8. The van der Waals surface area contributed by atoms with Crippen molar-refractivity contribution in [3.8, 4) is 28.4 Å². The number of phenolic OH excluding ortho intramolecular Hbond substituents is 2. The third-order valence-electron chi connectivity index (χ3n) is 5.94. The fourth-order valence-corrected chi connectivity index (χ4v) is 4.17. The summed E-state index contributed by atoms with van der Waals surface area (Å²) < 4.78 is 21.8. The van der Waals surface area contributed by atoms with Crippen LogP contribution < -0.4 is 16.0 Å². The Morgan fingerprint density at radius 3 is 2.03 bits per heavy atom. The summed E-state index contributed by atoms with van der Waals surface area (Å²) in [6, 6.07) is 8.98. The van der Waals surface area contributed by atoms with Gasteiger partial charge in [-0.25, -0.2) is 9.59 Å². The lowest BCUT2D eigenvalue weighted by Crippen LogP contribution is -2.60. The first-order valence-electron chi connectivity index (χ1n) is 10.7. The molecule has 0 aliphatic carbocycles. The van der Waals surface area contributed by atoms with E-state index in [4.69, 9.17) is 18.3 Å². The molecular weight excluding hydrogens is 480 g/mol. The summed E-state index contributed by atoms with van der Waals surface area (Å²) in [5.41, 5.74) is -2.24. The molecular formula is C24H20O12. The van der Waals surface area contributed by atoms with E-state index in [2.05, 4.69) is 0 Å². The van der Waals surface area contributed by atoms with Gasteiger partial charge >= 0.3 is 11.3 Å². The van der Waals surface area contributed by atoms with Gasteiger partial charge in [0.2, 0.25) is 6.29 Å². The van der Waals surface area contributed by atoms with E-state index in [1.165, 1.54) is 30.3 Å². The summed E-state index contributed by atoms with van der Waals surface area (Å²) in [7, 11) is 0. The molecule has 0 unspecified atom stereocenters. The second kappa shape index (κ2) is 8.93. The van der Waals surface area contributed by atoms with Gasteiger partial charge in [0.25, 0.3) is 0 Å². The van der Waals surface area contributed by atoms with Crippen LogP contribution in [0.25, 0.3) is 33.1 Å². The number of aliphatic hydroxyl groups excluding tert-OH is 4. The molecule has 0 radical (unpaired) electrons. The number of hydrogen-bond donors (Lipinski definition) is 6. The second-order valence-electron chi connectivity index (χ2n) is 8.22.